The van der Waals surface area contributed by atoms with Crippen LogP contribution in [0.15, 0.2) is 23.2 Å². The summed E-state index contributed by atoms with van der Waals surface area (Å²) < 4.78 is 19.3. The molecule has 0 radical (unpaired) electrons. The first-order valence-electron chi connectivity index (χ1n) is 6.52. The van der Waals surface area contributed by atoms with Gasteiger partial charge in [0.15, 0.2) is 11.6 Å². The van der Waals surface area contributed by atoms with Gasteiger partial charge < -0.3 is 15.0 Å². The van der Waals surface area contributed by atoms with Crippen LogP contribution in [0.5, 0.6) is 5.75 Å². The van der Waals surface area contributed by atoms with Gasteiger partial charge in [-0.3, -0.25) is 4.99 Å². The topological polar surface area (TPSA) is 36.9 Å². The number of hydrogen-bond donors (Lipinski definition) is 1. The lowest BCUT2D eigenvalue weighted by Gasteiger charge is -2.11. The van der Waals surface area contributed by atoms with Gasteiger partial charge in [-0.05, 0) is 38.7 Å². The lowest BCUT2D eigenvalue weighted by atomic mass is 10.2. The molecule has 1 aliphatic heterocycles. The van der Waals surface area contributed by atoms with Crippen molar-refractivity contribution in [2.24, 2.45) is 4.99 Å². The van der Waals surface area contributed by atoms with Gasteiger partial charge in [0.25, 0.3) is 0 Å². The number of benzene rings is 1. The van der Waals surface area contributed by atoms with Crippen LogP contribution in [0.3, 0.4) is 0 Å². The van der Waals surface area contributed by atoms with Gasteiger partial charge >= 0.3 is 0 Å². The third kappa shape index (κ3) is 3.92. The van der Waals surface area contributed by atoms with E-state index in [0.717, 1.165) is 37.5 Å². The molecule has 0 bridgehead atoms. The van der Waals surface area contributed by atoms with Crippen LogP contribution in [-0.2, 0) is 0 Å². The molecule has 2 rings (SSSR count). The van der Waals surface area contributed by atoms with E-state index in [-0.39, 0.29) is 5.82 Å². The van der Waals surface area contributed by atoms with Gasteiger partial charge in [-0.25, -0.2) is 4.39 Å². The van der Waals surface area contributed by atoms with Crippen LogP contribution in [-0.4, -0.2) is 51.1 Å². The summed E-state index contributed by atoms with van der Waals surface area (Å²) in [6.07, 6.45) is 0.877. The Morgan fingerprint density at radius 1 is 1.42 bits per heavy atom. The molecule has 1 N–H and O–H groups in total. The number of aliphatic imine (C=N–C) groups is 1. The Balaban J connectivity index is 1.91. The van der Waals surface area contributed by atoms with Gasteiger partial charge in [0, 0.05) is 18.7 Å². The number of hydrogen-bond acceptors (Lipinski definition) is 4. The number of nitrogens with one attached hydrogen (secondary N) is 1. The molecule has 19 heavy (non-hydrogen) atoms. The van der Waals surface area contributed by atoms with E-state index in [4.69, 9.17) is 4.74 Å². The maximum Gasteiger partial charge on any atom is 0.165 e. The summed E-state index contributed by atoms with van der Waals surface area (Å²) in [5.74, 6) is 0.734. The molecule has 4 nitrogen and oxygen atoms in total. The first-order chi connectivity index (χ1) is 9.16. The number of amidine groups is 1. The first-order valence-corrected chi connectivity index (χ1v) is 6.52. The molecule has 1 aromatic carbocycles. The van der Waals surface area contributed by atoms with Crippen molar-refractivity contribution in [2.45, 2.75) is 6.42 Å². The van der Waals surface area contributed by atoms with E-state index in [0.29, 0.717) is 12.4 Å². The highest BCUT2D eigenvalue weighted by Gasteiger charge is 2.11. The maximum absolute atomic E-state index is 13.9. The molecule has 1 aliphatic rings. The van der Waals surface area contributed by atoms with Crippen molar-refractivity contribution in [3.63, 3.8) is 0 Å². The normalized spacial score (nSPS) is 14.4. The largest absolute Gasteiger partial charge is 0.490 e. The molecule has 0 unspecified atom stereocenters. The van der Waals surface area contributed by atoms with Crippen LogP contribution in [0, 0.1) is 5.82 Å². The summed E-state index contributed by atoms with van der Waals surface area (Å²) in [5, 5.41) is 3.12. The first kappa shape index (κ1) is 13.8. The van der Waals surface area contributed by atoms with Gasteiger partial charge in [-0.15, -0.1) is 0 Å². The minimum atomic E-state index is -0.334. The number of ether oxygens (including phenoxy) is 1. The molecule has 0 spiro atoms. The molecular weight excluding hydrogens is 245 g/mol. The van der Waals surface area contributed by atoms with Crippen LogP contribution in [0.4, 0.5) is 4.39 Å². The van der Waals surface area contributed by atoms with Gasteiger partial charge in [0.2, 0.25) is 0 Å². The molecular formula is C14H20FN3O. The lowest BCUT2D eigenvalue weighted by molar-refractivity contribution is 0.271. The second kappa shape index (κ2) is 6.52. The van der Waals surface area contributed by atoms with E-state index in [1.54, 1.807) is 6.07 Å². The molecule has 104 valence electrons. The fourth-order valence-electron chi connectivity index (χ4n) is 1.92. The smallest absolute Gasteiger partial charge is 0.165 e. The van der Waals surface area contributed by atoms with Crippen molar-refractivity contribution in [2.75, 3.05) is 40.3 Å². The van der Waals surface area contributed by atoms with Gasteiger partial charge in [0.1, 0.15) is 5.84 Å². The third-order valence-corrected chi connectivity index (χ3v) is 2.89. The predicted molar refractivity (Wildman–Crippen MR) is 74.5 cm³/mol. The fourth-order valence-corrected chi connectivity index (χ4v) is 1.92. The average Bonchev–Trinajstić information content (AvgIpc) is 2.89. The van der Waals surface area contributed by atoms with Crippen LogP contribution in [0.2, 0.25) is 0 Å². The van der Waals surface area contributed by atoms with E-state index >= 15 is 0 Å². The van der Waals surface area contributed by atoms with Crippen molar-refractivity contribution >= 4 is 5.84 Å². The zero-order valence-electron chi connectivity index (χ0n) is 11.4. The lowest BCUT2D eigenvalue weighted by Crippen LogP contribution is -2.19. The zero-order valence-corrected chi connectivity index (χ0v) is 11.4. The monoisotopic (exact) mass is 265 g/mol. The van der Waals surface area contributed by atoms with Crippen LogP contribution in [0.1, 0.15) is 12.0 Å². The van der Waals surface area contributed by atoms with Crippen molar-refractivity contribution in [1.29, 1.82) is 0 Å². The Bertz CT molecular complexity index is 460. The fraction of sp³-hybridized carbons (Fsp3) is 0.500. The third-order valence-electron chi connectivity index (χ3n) is 2.89. The summed E-state index contributed by atoms with van der Waals surface area (Å²) in [7, 11) is 4.01. The van der Waals surface area contributed by atoms with Crippen molar-refractivity contribution < 1.29 is 9.13 Å². The summed E-state index contributed by atoms with van der Waals surface area (Å²) in [6, 6.07) is 4.97. The molecule has 1 aromatic rings. The molecule has 0 aromatic heterocycles. The SMILES string of the molecule is CN(C)CCCOc1ccc(C2=NCCN2)cc1F. The highest BCUT2D eigenvalue weighted by Crippen LogP contribution is 2.19. The second-order valence-electron chi connectivity index (χ2n) is 4.81. The Hall–Kier alpha value is -1.62. The molecule has 1 heterocycles. The van der Waals surface area contributed by atoms with Crippen molar-refractivity contribution in [3.8, 4) is 5.75 Å². The van der Waals surface area contributed by atoms with Crippen LogP contribution in [0.25, 0.3) is 0 Å². The minimum Gasteiger partial charge on any atom is -0.490 e. The maximum atomic E-state index is 13.9. The van der Waals surface area contributed by atoms with Crippen molar-refractivity contribution in [1.82, 2.24) is 10.2 Å². The second-order valence-corrected chi connectivity index (χ2v) is 4.81. The molecule has 0 saturated heterocycles. The zero-order chi connectivity index (χ0) is 13.7. The number of rotatable bonds is 6. The Morgan fingerprint density at radius 2 is 2.26 bits per heavy atom. The van der Waals surface area contributed by atoms with Gasteiger partial charge in [-0.2, -0.15) is 0 Å². The summed E-state index contributed by atoms with van der Waals surface area (Å²) in [4.78, 5) is 6.34. The predicted octanol–water partition coefficient (Wildman–Crippen LogP) is 1.51. The van der Waals surface area contributed by atoms with Crippen molar-refractivity contribution in [3.05, 3.63) is 29.6 Å². The average molecular weight is 265 g/mol. The quantitative estimate of drug-likeness (QED) is 0.792. The Kier molecular flexibility index (Phi) is 4.74. The minimum absolute atomic E-state index is 0.307. The number of nitrogens with zero attached hydrogens (tertiary/aromatic N) is 2. The standard InChI is InChI=1S/C14H20FN3O/c1-18(2)8-3-9-19-13-5-4-11(10-12(13)15)14-16-6-7-17-14/h4-5,10H,3,6-9H2,1-2H3,(H,16,17). The van der Waals surface area contributed by atoms with E-state index in [1.807, 2.05) is 20.2 Å². The highest BCUT2D eigenvalue weighted by molar-refractivity contribution is 5.99. The van der Waals surface area contributed by atoms with Gasteiger partial charge in [-0.1, -0.05) is 0 Å². The molecule has 0 amide bonds. The van der Waals surface area contributed by atoms with E-state index in [2.05, 4.69) is 15.2 Å². The van der Waals surface area contributed by atoms with E-state index in [1.165, 1.54) is 6.07 Å². The Morgan fingerprint density at radius 3 is 2.89 bits per heavy atom. The molecule has 0 atom stereocenters. The summed E-state index contributed by atoms with van der Waals surface area (Å²) in [6.45, 7) is 3.02. The Labute approximate surface area is 113 Å². The number of halogens is 1. The van der Waals surface area contributed by atoms with Crippen LogP contribution >= 0.6 is 0 Å². The van der Waals surface area contributed by atoms with E-state index < -0.39 is 0 Å². The van der Waals surface area contributed by atoms with E-state index in [9.17, 15) is 4.39 Å². The summed E-state index contributed by atoms with van der Waals surface area (Å²) >= 11 is 0. The highest BCUT2D eigenvalue weighted by atomic mass is 19.1. The molecule has 0 aliphatic carbocycles. The summed E-state index contributed by atoms with van der Waals surface area (Å²) in [5.41, 5.74) is 0.774. The van der Waals surface area contributed by atoms with Gasteiger partial charge in [0.05, 0.1) is 13.2 Å². The molecule has 5 heteroatoms. The molecule has 0 saturated carbocycles. The molecule has 0 fully saturated rings. The van der Waals surface area contributed by atoms with Crippen LogP contribution < -0.4 is 10.1 Å².